The molecule has 0 atom stereocenters. The second-order valence-electron chi connectivity index (χ2n) is 4.20. The van der Waals surface area contributed by atoms with Crippen molar-refractivity contribution in [3.8, 4) is 0 Å². The fraction of sp³-hybridized carbons (Fsp3) is 0.333. The maximum absolute atomic E-state index is 5.87. The Morgan fingerprint density at radius 2 is 2.17 bits per heavy atom. The van der Waals surface area contributed by atoms with Crippen LogP contribution in [0, 0.1) is 0 Å². The van der Waals surface area contributed by atoms with Gasteiger partial charge in [-0.1, -0.05) is 11.6 Å². The highest BCUT2D eigenvalue weighted by Gasteiger charge is 2.15. The number of rotatable bonds is 2. The van der Waals surface area contributed by atoms with E-state index in [-0.39, 0.29) is 0 Å². The molecule has 0 amide bonds. The van der Waals surface area contributed by atoms with E-state index in [9.17, 15) is 0 Å². The van der Waals surface area contributed by atoms with Crippen molar-refractivity contribution >= 4 is 49.8 Å². The Bertz CT molecular complexity index is 561. The minimum atomic E-state index is 0.617. The molecule has 0 radical (unpaired) electrons. The maximum Gasteiger partial charge on any atom is 0.188 e. The van der Waals surface area contributed by atoms with Crippen LogP contribution in [0.5, 0.6) is 0 Å². The first-order valence-electron chi connectivity index (χ1n) is 5.79. The van der Waals surface area contributed by atoms with E-state index >= 15 is 0 Å². The molecule has 2 heterocycles. The number of nitrogens with zero attached hydrogens (tertiary/aromatic N) is 2. The molecule has 1 aliphatic rings. The molecule has 0 aromatic carbocycles. The van der Waals surface area contributed by atoms with Crippen molar-refractivity contribution in [2.45, 2.75) is 25.7 Å². The first-order chi connectivity index (χ1) is 8.72. The van der Waals surface area contributed by atoms with Crippen molar-refractivity contribution in [1.82, 2.24) is 9.97 Å². The number of hydrogen-bond donors (Lipinski definition) is 1. The summed E-state index contributed by atoms with van der Waals surface area (Å²) in [6.07, 6.45) is 6.41. The zero-order valence-corrected chi connectivity index (χ0v) is 12.7. The van der Waals surface area contributed by atoms with Crippen molar-refractivity contribution in [3.05, 3.63) is 32.3 Å². The molecule has 0 aliphatic heterocycles. The van der Waals surface area contributed by atoms with E-state index in [2.05, 4.69) is 31.2 Å². The van der Waals surface area contributed by atoms with Crippen molar-refractivity contribution in [1.29, 1.82) is 0 Å². The van der Waals surface area contributed by atoms with Gasteiger partial charge in [-0.2, -0.15) is 0 Å². The highest BCUT2D eigenvalue weighted by molar-refractivity contribution is 9.10. The number of fused-ring (bicyclic) bond motifs is 1. The Kier molecular flexibility index (Phi) is 3.54. The van der Waals surface area contributed by atoms with Crippen molar-refractivity contribution in [2.24, 2.45) is 0 Å². The number of pyridine rings is 1. The Morgan fingerprint density at radius 3 is 2.94 bits per heavy atom. The number of aromatic nitrogens is 2. The molecule has 18 heavy (non-hydrogen) atoms. The molecule has 3 nitrogen and oxygen atoms in total. The molecule has 0 unspecified atom stereocenters. The van der Waals surface area contributed by atoms with E-state index in [1.165, 1.54) is 23.4 Å². The van der Waals surface area contributed by atoms with Gasteiger partial charge in [0.15, 0.2) is 5.13 Å². The lowest BCUT2D eigenvalue weighted by Crippen LogP contribution is -1.99. The lowest BCUT2D eigenvalue weighted by molar-refractivity contribution is 0.683. The number of nitrogens with one attached hydrogen (secondary N) is 1. The van der Waals surface area contributed by atoms with Gasteiger partial charge in [-0.15, -0.1) is 11.3 Å². The molecule has 6 heteroatoms. The fourth-order valence-corrected chi connectivity index (χ4v) is 3.80. The molecule has 2 aromatic heterocycles. The van der Waals surface area contributed by atoms with Gasteiger partial charge in [-0.25, -0.2) is 9.97 Å². The van der Waals surface area contributed by atoms with E-state index in [0.717, 1.165) is 28.3 Å². The number of hydrogen-bond acceptors (Lipinski definition) is 4. The topological polar surface area (TPSA) is 37.8 Å². The second kappa shape index (κ2) is 5.15. The highest BCUT2D eigenvalue weighted by Crippen LogP contribution is 2.32. The van der Waals surface area contributed by atoms with Gasteiger partial charge in [-0.3, -0.25) is 0 Å². The molecule has 3 rings (SSSR count). The van der Waals surface area contributed by atoms with Gasteiger partial charge >= 0.3 is 0 Å². The summed E-state index contributed by atoms with van der Waals surface area (Å²) in [7, 11) is 0. The van der Waals surface area contributed by atoms with E-state index < -0.39 is 0 Å². The van der Waals surface area contributed by atoms with Crippen LogP contribution in [0.4, 0.5) is 10.9 Å². The summed E-state index contributed by atoms with van der Waals surface area (Å²) < 4.78 is 0.850. The van der Waals surface area contributed by atoms with Gasteiger partial charge in [0.05, 0.1) is 15.2 Å². The highest BCUT2D eigenvalue weighted by atomic mass is 79.9. The van der Waals surface area contributed by atoms with E-state index in [1.807, 2.05) is 6.07 Å². The molecule has 1 aliphatic carbocycles. The molecular formula is C12H11BrClN3S. The smallest absolute Gasteiger partial charge is 0.188 e. The maximum atomic E-state index is 5.87. The Labute approximate surface area is 123 Å². The minimum absolute atomic E-state index is 0.617. The van der Waals surface area contributed by atoms with Crippen LogP contribution in [-0.2, 0) is 12.8 Å². The molecular weight excluding hydrogens is 334 g/mol. The van der Waals surface area contributed by atoms with Crippen molar-refractivity contribution in [3.63, 3.8) is 0 Å². The summed E-state index contributed by atoms with van der Waals surface area (Å²) in [6, 6.07) is 1.82. The largest absolute Gasteiger partial charge is 0.315 e. The summed E-state index contributed by atoms with van der Waals surface area (Å²) >= 11 is 11.0. The summed E-state index contributed by atoms with van der Waals surface area (Å²) in [4.78, 5) is 10.3. The van der Waals surface area contributed by atoms with E-state index in [0.29, 0.717) is 5.02 Å². The third-order valence-corrected chi connectivity index (χ3v) is 4.76. The second-order valence-corrected chi connectivity index (χ2v) is 6.58. The Morgan fingerprint density at radius 1 is 1.33 bits per heavy atom. The molecule has 1 N–H and O–H groups in total. The van der Waals surface area contributed by atoms with Crippen LogP contribution in [-0.4, -0.2) is 9.97 Å². The van der Waals surface area contributed by atoms with Crippen LogP contribution in [0.2, 0.25) is 5.02 Å². The predicted molar refractivity (Wildman–Crippen MR) is 79.0 cm³/mol. The van der Waals surface area contributed by atoms with Gasteiger partial charge in [0, 0.05) is 11.1 Å². The van der Waals surface area contributed by atoms with E-state index in [1.54, 1.807) is 17.5 Å². The molecule has 2 aromatic rings. The first-order valence-corrected chi connectivity index (χ1v) is 7.78. The molecule has 0 fully saturated rings. The summed E-state index contributed by atoms with van der Waals surface area (Å²) in [5.41, 5.74) is 1.25. The third kappa shape index (κ3) is 2.53. The van der Waals surface area contributed by atoms with Gasteiger partial charge in [0.25, 0.3) is 0 Å². The first kappa shape index (κ1) is 12.4. The zero-order chi connectivity index (χ0) is 12.5. The number of halogens is 2. The normalized spacial score (nSPS) is 14.3. The van der Waals surface area contributed by atoms with Gasteiger partial charge in [-0.05, 0) is 47.7 Å². The summed E-state index contributed by atoms with van der Waals surface area (Å²) in [5, 5.41) is 4.78. The van der Waals surface area contributed by atoms with Crippen LogP contribution in [0.1, 0.15) is 23.4 Å². The average Bonchev–Trinajstić information content (AvgIpc) is 2.75. The molecule has 0 spiro atoms. The van der Waals surface area contributed by atoms with Crippen LogP contribution < -0.4 is 5.32 Å². The fourth-order valence-electron chi connectivity index (χ4n) is 2.01. The SMILES string of the molecule is Clc1cnc(Nc2nc3c(s2)CCCC3)c(Br)c1. The van der Waals surface area contributed by atoms with Gasteiger partial charge in [0.1, 0.15) is 5.82 Å². The Balaban J connectivity index is 1.85. The van der Waals surface area contributed by atoms with Crippen molar-refractivity contribution < 1.29 is 0 Å². The lowest BCUT2D eigenvalue weighted by atomic mass is 10.0. The predicted octanol–water partition coefficient (Wildman–Crippen LogP) is 4.58. The van der Waals surface area contributed by atoms with Gasteiger partial charge < -0.3 is 5.32 Å². The van der Waals surface area contributed by atoms with Crippen LogP contribution in [0.3, 0.4) is 0 Å². The molecule has 0 bridgehead atoms. The number of anilines is 2. The standard InChI is InChI=1S/C12H11BrClN3S/c13-8-5-7(14)6-15-11(8)17-12-16-9-3-1-2-4-10(9)18-12/h5-6H,1-4H2,(H,15,16,17). The number of thiazole rings is 1. The van der Waals surface area contributed by atoms with Crippen LogP contribution in [0.25, 0.3) is 0 Å². The molecule has 94 valence electrons. The quantitative estimate of drug-likeness (QED) is 0.866. The van der Waals surface area contributed by atoms with Crippen LogP contribution in [0.15, 0.2) is 16.7 Å². The summed E-state index contributed by atoms with van der Waals surface area (Å²) in [6.45, 7) is 0. The van der Waals surface area contributed by atoms with Gasteiger partial charge in [0.2, 0.25) is 0 Å². The third-order valence-electron chi connectivity index (χ3n) is 2.88. The Hall–Kier alpha value is -0.650. The summed E-state index contributed by atoms with van der Waals surface area (Å²) in [5.74, 6) is 0.755. The minimum Gasteiger partial charge on any atom is -0.315 e. The van der Waals surface area contributed by atoms with E-state index in [4.69, 9.17) is 11.6 Å². The molecule has 0 saturated heterocycles. The number of aryl methyl sites for hydroxylation is 2. The zero-order valence-electron chi connectivity index (χ0n) is 9.54. The molecule has 0 saturated carbocycles. The average molecular weight is 345 g/mol. The monoisotopic (exact) mass is 343 g/mol. The van der Waals surface area contributed by atoms with Crippen molar-refractivity contribution in [2.75, 3.05) is 5.32 Å². The van der Waals surface area contributed by atoms with Crippen LogP contribution >= 0.6 is 38.9 Å². The lowest BCUT2D eigenvalue weighted by Gasteiger charge is -2.06.